The lowest BCUT2D eigenvalue weighted by molar-refractivity contribution is -0.152. The molecule has 0 amide bonds. The Balaban J connectivity index is 2.33. The minimum Gasteiger partial charge on any atom is -0.460 e. The predicted octanol–water partition coefficient (Wildman–Crippen LogP) is 3.64. The van der Waals surface area contributed by atoms with Gasteiger partial charge in [0, 0.05) is 22.0 Å². The van der Waals surface area contributed by atoms with Crippen molar-refractivity contribution in [2.45, 2.75) is 39.8 Å². The van der Waals surface area contributed by atoms with Crippen LogP contribution in [0.1, 0.15) is 31.9 Å². The summed E-state index contributed by atoms with van der Waals surface area (Å²) < 4.78 is 10.7. The summed E-state index contributed by atoms with van der Waals surface area (Å²) >= 11 is 6.28. The van der Waals surface area contributed by atoms with Crippen LogP contribution in [0, 0.1) is 5.92 Å². The fraction of sp³-hybridized carbons (Fsp3) is 0.474. The van der Waals surface area contributed by atoms with E-state index in [9.17, 15) is 9.59 Å². The maximum atomic E-state index is 12.4. The van der Waals surface area contributed by atoms with Crippen molar-refractivity contribution in [1.29, 1.82) is 0 Å². The molecule has 25 heavy (non-hydrogen) atoms. The molecule has 1 aromatic heterocycles. The Hall–Kier alpha value is -1.85. The van der Waals surface area contributed by atoms with Crippen molar-refractivity contribution in [2.75, 3.05) is 14.1 Å². The lowest BCUT2D eigenvalue weighted by Gasteiger charge is -2.25. The van der Waals surface area contributed by atoms with Gasteiger partial charge in [-0.1, -0.05) is 32.4 Å². The van der Waals surface area contributed by atoms with E-state index in [2.05, 4.69) is 0 Å². The molecule has 0 aliphatic carbocycles. The first-order chi connectivity index (χ1) is 11.7. The van der Waals surface area contributed by atoms with E-state index >= 15 is 0 Å². The van der Waals surface area contributed by atoms with Crippen molar-refractivity contribution >= 4 is 28.5 Å². The topological polar surface area (TPSA) is 59.8 Å². The number of likely N-dealkylation sites (N-methyl/N-ethyl adjacent to an activating group) is 1. The molecular weight excluding hydrogens is 342 g/mol. The first-order valence-corrected chi connectivity index (χ1v) is 8.70. The Bertz CT molecular complexity index is 818. The van der Waals surface area contributed by atoms with Crippen LogP contribution >= 0.6 is 11.6 Å². The van der Waals surface area contributed by atoms with Gasteiger partial charge < -0.3 is 9.15 Å². The van der Waals surface area contributed by atoms with Gasteiger partial charge in [-0.15, -0.1) is 0 Å². The quantitative estimate of drug-likeness (QED) is 0.577. The molecule has 0 unspecified atom stereocenters. The zero-order valence-corrected chi connectivity index (χ0v) is 16.0. The molecule has 0 bridgehead atoms. The molecule has 2 rings (SSSR count). The molecule has 5 nitrogen and oxygen atoms in total. The Morgan fingerprint density at radius 2 is 1.92 bits per heavy atom. The monoisotopic (exact) mass is 365 g/mol. The maximum Gasteiger partial charge on any atom is 0.336 e. The summed E-state index contributed by atoms with van der Waals surface area (Å²) in [5, 5.41) is 1.28. The van der Waals surface area contributed by atoms with E-state index in [0.717, 1.165) is 12.0 Å². The summed E-state index contributed by atoms with van der Waals surface area (Å²) in [5.41, 5.74) is 1.47. The highest BCUT2D eigenvalue weighted by Gasteiger charge is 2.26. The van der Waals surface area contributed by atoms with Crippen LogP contribution in [-0.2, 0) is 22.6 Å². The second kappa shape index (κ2) is 8.02. The van der Waals surface area contributed by atoms with Crippen LogP contribution in [0.25, 0.3) is 11.0 Å². The van der Waals surface area contributed by atoms with E-state index in [0.29, 0.717) is 21.6 Å². The van der Waals surface area contributed by atoms with Gasteiger partial charge in [-0.05, 0) is 44.1 Å². The third-order valence-electron chi connectivity index (χ3n) is 4.18. The second-order valence-electron chi connectivity index (χ2n) is 6.64. The number of benzene rings is 1. The summed E-state index contributed by atoms with van der Waals surface area (Å²) in [4.78, 5) is 26.1. The fourth-order valence-electron chi connectivity index (χ4n) is 2.99. The largest absolute Gasteiger partial charge is 0.460 e. The average Bonchev–Trinajstić information content (AvgIpc) is 2.51. The molecule has 0 saturated carbocycles. The minimum absolute atomic E-state index is 0.000204. The number of rotatable bonds is 6. The van der Waals surface area contributed by atoms with Crippen LogP contribution in [0.4, 0.5) is 0 Å². The van der Waals surface area contributed by atoms with Crippen molar-refractivity contribution < 1.29 is 13.9 Å². The smallest absolute Gasteiger partial charge is 0.336 e. The standard InChI is InChI=1S/C19H24ClNO4/c1-6-12-7-16-14(9-15(12)20)13(8-17(22)25-16)10-24-19(23)18(11(2)3)21(4)5/h7-9,11,18H,6,10H2,1-5H3/t18-/m1/s1. The number of ether oxygens (including phenoxy) is 1. The van der Waals surface area contributed by atoms with Gasteiger partial charge in [0.05, 0.1) is 0 Å². The number of fused-ring (bicyclic) bond motifs is 1. The van der Waals surface area contributed by atoms with Crippen molar-refractivity contribution in [3.05, 3.63) is 44.8 Å². The normalized spacial score (nSPS) is 12.8. The average molecular weight is 366 g/mol. The zero-order valence-electron chi connectivity index (χ0n) is 15.3. The lowest BCUT2D eigenvalue weighted by atomic mass is 10.0. The Morgan fingerprint density at radius 3 is 2.48 bits per heavy atom. The summed E-state index contributed by atoms with van der Waals surface area (Å²) in [5.74, 6) is -0.209. The Morgan fingerprint density at radius 1 is 1.24 bits per heavy atom. The van der Waals surface area contributed by atoms with E-state index in [1.807, 2.05) is 39.8 Å². The third-order valence-corrected chi connectivity index (χ3v) is 4.53. The number of aryl methyl sites for hydroxylation is 1. The molecular formula is C19H24ClNO4. The van der Waals surface area contributed by atoms with Crippen LogP contribution in [0.3, 0.4) is 0 Å². The summed E-state index contributed by atoms with van der Waals surface area (Å²) in [7, 11) is 3.68. The van der Waals surface area contributed by atoms with Gasteiger partial charge >= 0.3 is 11.6 Å². The van der Waals surface area contributed by atoms with Crippen LogP contribution in [0.2, 0.25) is 5.02 Å². The van der Waals surface area contributed by atoms with Crippen LogP contribution in [0.15, 0.2) is 27.4 Å². The molecule has 0 saturated heterocycles. The number of hydrogen-bond acceptors (Lipinski definition) is 5. The highest BCUT2D eigenvalue weighted by molar-refractivity contribution is 6.32. The van der Waals surface area contributed by atoms with Gasteiger partial charge in [-0.2, -0.15) is 0 Å². The molecule has 0 N–H and O–H groups in total. The van der Waals surface area contributed by atoms with Crippen LogP contribution in [0.5, 0.6) is 0 Å². The van der Waals surface area contributed by atoms with E-state index in [1.165, 1.54) is 6.07 Å². The first kappa shape index (κ1) is 19.5. The molecule has 0 aliphatic heterocycles. The molecule has 136 valence electrons. The number of esters is 1. The molecule has 2 aromatic rings. The highest BCUT2D eigenvalue weighted by atomic mass is 35.5. The third kappa shape index (κ3) is 4.41. The number of hydrogen-bond donors (Lipinski definition) is 0. The maximum absolute atomic E-state index is 12.4. The van der Waals surface area contributed by atoms with E-state index in [-0.39, 0.29) is 24.5 Å². The van der Waals surface area contributed by atoms with Crippen molar-refractivity contribution in [2.24, 2.45) is 5.92 Å². The second-order valence-corrected chi connectivity index (χ2v) is 7.05. The lowest BCUT2D eigenvalue weighted by Crippen LogP contribution is -2.41. The number of halogens is 1. The van der Waals surface area contributed by atoms with Gasteiger partial charge in [-0.25, -0.2) is 4.79 Å². The molecule has 0 fully saturated rings. The highest BCUT2D eigenvalue weighted by Crippen LogP contribution is 2.26. The fourth-order valence-corrected chi connectivity index (χ4v) is 3.29. The van der Waals surface area contributed by atoms with Crippen molar-refractivity contribution in [3.8, 4) is 0 Å². The van der Waals surface area contributed by atoms with Gasteiger partial charge in [0.2, 0.25) is 0 Å². The van der Waals surface area contributed by atoms with E-state index < -0.39 is 5.63 Å². The van der Waals surface area contributed by atoms with Gasteiger partial charge in [0.15, 0.2) is 0 Å². The molecule has 1 atom stereocenters. The van der Waals surface area contributed by atoms with Crippen molar-refractivity contribution in [3.63, 3.8) is 0 Å². The molecule has 1 heterocycles. The SMILES string of the molecule is CCc1cc2oc(=O)cc(COC(=O)[C@@H](C(C)C)N(C)C)c2cc1Cl. The Kier molecular flexibility index (Phi) is 6.25. The predicted molar refractivity (Wildman–Crippen MR) is 99.0 cm³/mol. The summed E-state index contributed by atoms with van der Waals surface area (Å²) in [6.07, 6.45) is 0.733. The number of carbonyl (C=O) groups is 1. The van der Waals surface area contributed by atoms with Gasteiger partial charge in [-0.3, -0.25) is 9.69 Å². The molecule has 0 aliphatic rings. The number of nitrogens with zero attached hydrogens (tertiary/aromatic N) is 1. The van der Waals surface area contributed by atoms with Gasteiger partial charge in [0.25, 0.3) is 0 Å². The zero-order chi connectivity index (χ0) is 18.7. The van der Waals surface area contributed by atoms with E-state index in [1.54, 1.807) is 12.1 Å². The molecule has 1 aromatic carbocycles. The summed E-state index contributed by atoms with van der Waals surface area (Å²) in [6, 6.07) is 4.52. The van der Waals surface area contributed by atoms with E-state index in [4.69, 9.17) is 20.8 Å². The minimum atomic E-state index is -0.476. The van der Waals surface area contributed by atoms with Crippen LogP contribution < -0.4 is 5.63 Å². The molecule has 0 spiro atoms. The van der Waals surface area contributed by atoms with Crippen LogP contribution in [-0.4, -0.2) is 31.0 Å². The van der Waals surface area contributed by atoms with Crippen molar-refractivity contribution in [1.82, 2.24) is 4.90 Å². The molecule has 0 radical (unpaired) electrons. The summed E-state index contributed by atoms with van der Waals surface area (Å²) in [6.45, 7) is 5.90. The van der Waals surface area contributed by atoms with Gasteiger partial charge in [0.1, 0.15) is 18.2 Å². The Labute approximate surface area is 152 Å². The first-order valence-electron chi connectivity index (χ1n) is 8.32. The molecule has 6 heteroatoms. The number of carbonyl (C=O) groups excluding carboxylic acids is 1.